The summed E-state index contributed by atoms with van der Waals surface area (Å²) in [5.41, 5.74) is 11.0. The highest BCUT2D eigenvalue weighted by molar-refractivity contribution is 6.00. The second kappa shape index (κ2) is 7.60. The van der Waals surface area contributed by atoms with Crippen molar-refractivity contribution in [3.63, 3.8) is 0 Å². The molecule has 2 rings (SSSR count). The Morgan fingerprint density at radius 1 is 1.13 bits per heavy atom. The van der Waals surface area contributed by atoms with Crippen molar-refractivity contribution < 1.29 is 9.53 Å². The van der Waals surface area contributed by atoms with Crippen LogP contribution in [0.15, 0.2) is 30.3 Å². The molecule has 0 aliphatic heterocycles. The first-order valence-corrected chi connectivity index (χ1v) is 8.31. The maximum Gasteiger partial charge on any atom is 0.338 e. The van der Waals surface area contributed by atoms with Crippen molar-refractivity contribution >= 4 is 5.97 Å². The monoisotopic (exact) mass is 313 g/mol. The molecule has 0 bridgehead atoms. The molecule has 0 amide bonds. The third-order valence-corrected chi connectivity index (χ3v) is 4.51. The number of hydrogen-bond donors (Lipinski definition) is 1. The van der Waals surface area contributed by atoms with E-state index in [-0.39, 0.29) is 5.97 Å². The van der Waals surface area contributed by atoms with E-state index in [0.717, 1.165) is 24.0 Å². The zero-order chi connectivity index (χ0) is 17.0. The van der Waals surface area contributed by atoms with E-state index in [9.17, 15) is 4.79 Å². The number of esters is 1. The van der Waals surface area contributed by atoms with E-state index < -0.39 is 0 Å². The van der Waals surface area contributed by atoms with Crippen molar-refractivity contribution in [2.75, 3.05) is 13.7 Å². The lowest BCUT2D eigenvalue weighted by molar-refractivity contribution is 0.0602. The van der Waals surface area contributed by atoms with E-state index in [0.29, 0.717) is 23.9 Å². The molecule has 23 heavy (non-hydrogen) atoms. The number of carbonyl (C=O) groups excluding carboxylic acids is 1. The third kappa shape index (κ3) is 3.91. The highest BCUT2D eigenvalue weighted by atomic mass is 16.5. The molecule has 124 valence electrons. The van der Waals surface area contributed by atoms with Gasteiger partial charge >= 0.3 is 5.97 Å². The summed E-state index contributed by atoms with van der Waals surface area (Å²) in [6, 6.07) is 10.4. The van der Waals surface area contributed by atoms with Crippen molar-refractivity contribution in [2.24, 2.45) is 11.7 Å². The Labute approximate surface area is 139 Å². The van der Waals surface area contributed by atoms with Crippen LogP contribution in [0.4, 0.5) is 0 Å². The minimum atomic E-state index is -0.273. The topological polar surface area (TPSA) is 52.3 Å². The van der Waals surface area contributed by atoms with E-state index in [1.54, 1.807) is 0 Å². The van der Waals surface area contributed by atoms with Crippen molar-refractivity contribution in [3.8, 4) is 11.1 Å². The fourth-order valence-electron chi connectivity index (χ4n) is 2.83. The van der Waals surface area contributed by atoms with Crippen molar-refractivity contribution in [2.45, 2.75) is 39.5 Å². The van der Waals surface area contributed by atoms with Crippen LogP contribution in [0, 0.1) is 5.92 Å². The van der Waals surface area contributed by atoms with Crippen molar-refractivity contribution in [3.05, 3.63) is 47.0 Å². The molecule has 1 atom stereocenters. The molecular formula is C20H27NO2. The summed E-state index contributed by atoms with van der Waals surface area (Å²) in [4.78, 5) is 12.1. The lowest BCUT2D eigenvalue weighted by Crippen LogP contribution is -2.11. The number of aryl methyl sites for hydroxylation is 1. The van der Waals surface area contributed by atoms with Crippen LogP contribution in [-0.2, 0) is 11.2 Å². The summed E-state index contributed by atoms with van der Waals surface area (Å²) >= 11 is 0. The SMILES string of the molecule is COC(=O)c1cc(CC[C@H](C)CN)c2ccc(C(C)C)ccc1-2. The molecule has 3 heteroatoms. The Morgan fingerprint density at radius 3 is 2.35 bits per heavy atom. The average molecular weight is 313 g/mol. The minimum absolute atomic E-state index is 0.273. The molecule has 0 aromatic heterocycles. The van der Waals surface area contributed by atoms with Gasteiger partial charge in [-0.25, -0.2) is 4.79 Å². The predicted molar refractivity (Wildman–Crippen MR) is 95.0 cm³/mol. The highest BCUT2D eigenvalue weighted by Gasteiger charge is 2.20. The molecule has 3 nitrogen and oxygen atoms in total. The second-order valence-corrected chi connectivity index (χ2v) is 6.60. The molecular weight excluding hydrogens is 286 g/mol. The molecule has 2 aliphatic rings. The van der Waals surface area contributed by atoms with Gasteiger partial charge in [-0.15, -0.1) is 0 Å². The number of rotatable bonds is 6. The van der Waals surface area contributed by atoms with E-state index >= 15 is 0 Å². The van der Waals surface area contributed by atoms with Crippen LogP contribution in [-0.4, -0.2) is 19.6 Å². The van der Waals surface area contributed by atoms with Gasteiger partial charge in [0.1, 0.15) is 0 Å². The van der Waals surface area contributed by atoms with Crippen LogP contribution in [0.25, 0.3) is 11.1 Å². The van der Waals surface area contributed by atoms with Crippen molar-refractivity contribution in [1.29, 1.82) is 0 Å². The Balaban J connectivity index is 2.48. The first-order valence-electron chi connectivity index (χ1n) is 8.31. The fourth-order valence-corrected chi connectivity index (χ4v) is 2.83. The summed E-state index contributed by atoms with van der Waals surface area (Å²) in [5, 5.41) is 0. The standard InChI is InChI=1S/C20H27NO2/c1-13(2)15-7-9-17-16(6-5-14(3)12-21)11-19(20(22)23-4)18(17)10-8-15/h7-11,13-14H,5-6,12,21H2,1-4H3/t14-/m0/s1. The first kappa shape index (κ1) is 17.5. The van der Waals surface area contributed by atoms with Gasteiger partial charge in [-0.1, -0.05) is 45.0 Å². The number of carbonyl (C=O) groups is 1. The van der Waals surface area contributed by atoms with Crippen LogP contribution in [0.2, 0.25) is 0 Å². The summed E-state index contributed by atoms with van der Waals surface area (Å²) in [6.07, 6.45) is 1.94. The molecule has 0 aromatic rings. The first-order chi connectivity index (χ1) is 11.0. The summed E-state index contributed by atoms with van der Waals surface area (Å²) < 4.78 is 4.95. The molecule has 0 spiro atoms. The Kier molecular flexibility index (Phi) is 5.78. The van der Waals surface area contributed by atoms with Gasteiger partial charge in [-0.3, -0.25) is 0 Å². The van der Waals surface area contributed by atoms with E-state index in [1.165, 1.54) is 18.2 Å². The van der Waals surface area contributed by atoms with Gasteiger partial charge in [-0.05, 0) is 59.5 Å². The smallest absolute Gasteiger partial charge is 0.338 e. The number of methoxy groups -OCH3 is 1. The normalized spacial score (nSPS) is 12.6. The van der Waals surface area contributed by atoms with Gasteiger partial charge in [0, 0.05) is 0 Å². The van der Waals surface area contributed by atoms with Gasteiger partial charge < -0.3 is 10.5 Å². The summed E-state index contributed by atoms with van der Waals surface area (Å²) in [5.74, 6) is 0.657. The van der Waals surface area contributed by atoms with Gasteiger partial charge in [0.25, 0.3) is 0 Å². The summed E-state index contributed by atoms with van der Waals surface area (Å²) in [7, 11) is 1.43. The molecule has 0 radical (unpaired) electrons. The molecule has 0 fully saturated rings. The molecule has 0 unspecified atom stereocenters. The van der Waals surface area contributed by atoms with Crippen LogP contribution in [0.3, 0.4) is 0 Å². The second-order valence-electron chi connectivity index (χ2n) is 6.60. The molecule has 0 saturated heterocycles. The zero-order valence-corrected chi connectivity index (χ0v) is 14.6. The van der Waals surface area contributed by atoms with Gasteiger partial charge in [0.2, 0.25) is 0 Å². The van der Waals surface area contributed by atoms with Gasteiger partial charge in [0.05, 0.1) is 12.7 Å². The Bertz CT molecular complexity index is 648. The number of ether oxygens (including phenoxy) is 1. The molecule has 2 N–H and O–H groups in total. The molecule has 0 aromatic carbocycles. The Hall–Kier alpha value is -1.87. The maximum absolute atomic E-state index is 12.1. The van der Waals surface area contributed by atoms with E-state index in [1.807, 2.05) is 12.1 Å². The number of fused-ring (bicyclic) bond motifs is 1. The fraction of sp³-hybridized carbons (Fsp3) is 0.450. The van der Waals surface area contributed by atoms with Crippen LogP contribution in [0.5, 0.6) is 0 Å². The zero-order valence-electron chi connectivity index (χ0n) is 14.6. The van der Waals surface area contributed by atoms with Crippen molar-refractivity contribution in [1.82, 2.24) is 0 Å². The van der Waals surface area contributed by atoms with E-state index in [4.69, 9.17) is 10.5 Å². The largest absolute Gasteiger partial charge is 0.465 e. The summed E-state index contributed by atoms with van der Waals surface area (Å²) in [6.45, 7) is 7.19. The lowest BCUT2D eigenvalue weighted by atomic mass is 9.99. The highest BCUT2D eigenvalue weighted by Crippen LogP contribution is 2.34. The molecule has 0 heterocycles. The average Bonchev–Trinajstić information content (AvgIpc) is 2.74. The third-order valence-electron chi connectivity index (χ3n) is 4.51. The quantitative estimate of drug-likeness (QED) is 0.812. The molecule has 0 saturated carbocycles. The number of nitrogens with two attached hydrogens (primary N) is 1. The minimum Gasteiger partial charge on any atom is -0.465 e. The predicted octanol–water partition coefficient (Wildman–Crippen LogP) is 4.23. The van der Waals surface area contributed by atoms with E-state index in [2.05, 4.69) is 39.0 Å². The van der Waals surface area contributed by atoms with Gasteiger partial charge in [0.15, 0.2) is 0 Å². The lowest BCUT2D eigenvalue weighted by Gasteiger charge is -2.07. The van der Waals surface area contributed by atoms with Crippen LogP contribution in [0.1, 0.15) is 54.6 Å². The Morgan fingerprint density at radius 2 is 1.78 bits per heavy atom. The van der Waals surface area contributed by atoms with Gasteiger partial charge in [-0.2, -0.15) is 0 Å². The van der Waals surface area contributed by atoms with Crippen LogP contribution < -0.4 is 5.73 Å². The molecule has 2 aliphatic carbocycles. The van der Waals surface area contributed by atoms with Crippen LogP contribution >= 0.6 is 0 Å². The maximum atomic E-state index is 12.1. The number of hydrogen-bond acceptors (Lipinski definition) is 3.